The van der Waals surface area contributed by atoms with E-state index in [1.54, 1.807) is 20.4 Å². The Morgan fingerprint density at radius 3 is 2.64 bits per heavy atom. The van der Waals surface area contributed by atoms with Gasteiger partial charge in [0, 0.05) is 33.2 Å². The van der Waals surface area contributed by atoms with Crippen LogP contribution in [-0.2, 0) is 14.3 Å². The van der Waals surface area contributed by atoms with Crippen LogP contribution in [0.25, 0.3) is 0 Å². The molecule has 0 spiro atoms. The first-order valence-corrected chi connectivity index (χ1v) is 9.15. The highest BCUT2D eigenvalue weighted by Crippen LogP contribution is 2.42. The van der Waals surface area contributed by atoms with Crippen LogP contribution in [0.1, 0.15) is 44.6 Å². The Bertz CT molecular complexity index is 625. The van der Waals surface area contributed by atoms with E-state index in [2.05, 4.69) is 29.0 Å². The van der Waals surface area contributed by atoms with Gasteiger partial charge < -0.3 is 19.7 Å². The second-order valence-electron chi connectivity index (χ2n) is 7.20. The van der Waals surface area contributed by atoms with E-state index in [1.165, 1.54) is 19.3 Å². The predicted octanol–water partition coefficient (Wildman–Crippen LogP) is 3.11. The Kier molecular flexibility index (Phi) is 5.29. The van der Waals surface area contributed by atoms with Crippen LogP contribution in [0.4, 0.5) is 11.5 Å². The fourth-order valence-electron chi connectivity index (χ4n) is 4.01. The van der Waals surface area contributed by atoms with Gasteiger partial charge in [-0.15, -0.1) is 0 Å². The molecule has 1 saturated heterocycles. The number of hydrogen-bond acceptors (Lipinski definition) is 5. The second kappa shape index (κ2) is 7.30. The van der Waals surface area contributed by atoms with Crippen LogP contribution < -0.4 is 10.2 Å². The van der Waals surface area contributed by atoms with Crippen LogP contribution in [0.3, 0.4) is 0 Å². The van der Waals surface area contributed by atoms with Crippen molar-refractivity contribution in [1.29, 1.82) is 0 Å². The maximum atomic E-state index is 12.6. The van der Waals surface area contributed by atoms with Crippen molar-refractivity contribution in [2.45, 2.75) is 57.8 Å². The number of piperidine rings is 1. The number of anilines is 2. The molecule has 3 rings (SSSR count). The summed E-state index contributed by atoms with van der Waals surface area (Å²) in [5.74, 6) is -0.118. The molecule has 1 aliphatic carbocycles. The first-order chi connectivity index (χ1) is 12.0. The highest BCUT2D eigenvalue weighted by Gasteiger charge is 2.52. The summed E-state index contributed by atoms with van der Waals surface area (Å²) < 4.78 is 10.8. The fraction of sp³-hybridized carbons (Fsp3) is 0.684. The second-order valence-corrected chi connectivity index (χ2v) is 7.20. The molecule has 6 nitrogen and oxygen atoms in total. The van der Waals surface area contributed by atoms with E-state index in [1.807, 2.05) is 6.07 Å². The Morgan fingerprint density at radius 2 is 2.08 bits per heavy atom. The molecule has 25 heavy (non-hydrogen) atoms. The monoisotopic (exact) mass is 347 g/mol. The maximum absolute atomic E-state index is 12.6. The van der Waals surface area contributed by atoms with Crippen LogP contribution in [0, 0.1) is 12.8 Å². The topological polar surface area (TPSA) is 63.7 Å². The standard InChI is InChI=1S/C19H29N3O3/c1-13-11-15(12-20-17(13)22-10-6-5-7-14(22)2)21-18(23)16-8-9-19(16,24-3)25-4/h11-12,14,16H,5-10H2,1-4H3,(H,21,23). The number of rotatable bonds is 5. The number of hydrogen-bond donors (Lipinski definition) is 1. The van der Waals surface area contributed by atoms with E-state index in [0.717, 1.165) is 36.5 Å². The third-order valence-corrected chi connectivity index (χ3v) is 5.71. The summed E-state index contributed by atoms with van der Waals surface area (Å²) in [5.41, 5.74) is 1.81. The van der Waals surface area contributed by atoms with Crippen LogP contribution >= 0.6 is 0 Å². The van der Waals surface area contributed by atoms with Gasteiger partial charge >= 0.3 is 0 Å². The summed E-state index contributed by atoms with van der Waals surface area (Å²) in [5, 5.41) is 2.97. The van der Waals surface area contributed by atoms with Crippen molar-refractivity contribution in [2.24, 2.45) is 5.92 Å². The SMILES string of the molecule is COC1(OC)CCC1C(=O)Nc1cnc(N2CCCCC2C)c(C)c1. The molecule has 2 atom stereocenters. The van der Waals surface area contributed by atoms with E-state index in [9.17, 15) is 4.79 Å². The van der Waals surface area contributed by atoms with Gasteiger partial charge in [0.15, 0.2) is 5.79 Å². The van der Waals surface area contributed by atoms with Crippen LogP contribution in [0.2, 0.25) is 0 Å². The normalized spacial score (nSPS) is 25.4. The van der Waals surface area contributed by atoms with Gasteiger partial charge in [0.1, 0.15) is 5.82 Å². The lowest BCUT2D eigenvalue weighted by Gasteiger charge is -2.45. The lowest BCUT2D eigenvalue weighted by Crippen LogP contribution is -2.55. The quantitative estimate of drug-likeness (QED) is 0.829. The molecule has 2 fully saturated rings. The van der Waals surface area contributed by atoms with Crippen molar-refractivity contribution in [1.82, 2.24) is 4.98 Å². The molecule has 6 heteroatoms. The Hall–Kier alpha value is -1.66. The van der Waals surface area contributed by atoms with E-state index in [0.29, 0.717) is 6.04 Å². The van der Waals surface area contributed by atoms with Gasteiger partial charge in [-0.1, -0.05) is 0 Å². The summed E-state index contributed by atoms with van der Waals surface area (Å²) in [4.78, 5) is 19.6. The molecule has 2 unspecified atom stereocenters. The molecule has 1 saturated carbocycles. The fourth-order valence-corrected chi connectivity index (χ4v) is 4.01. The molecule has 1 N–H and O–H groups in total. The lowest BCUT2D eigenvalue weighted by molar-refractivity contribution is -0.278. The van der Waals surface area contributed by atoms with Crippen LogP contribution in [0.5, 0.6) is 0 Å². The average Bonchev–Trinajstić information content (AvgIpc) is 2.56. The number of aromatic nitrogens is 1. The van der Waals surface area contributed by atoms with Gasteiger partial charge in [0.05, 0.1) is 17.8 Å². The van der Waals surface area contributed by atoms with Crippen molar-refractivity contribution in [2.75, 3.05) is 31.0 Å². The van der Waals surface area contributed by atoms with E-state index in [4.69, 9.17) is 9.47 Å². The van der Waals surface area contributed by atoms with Gasteiger partial charge in [0.25, 0.3) is 0 Å². The summed E-state index contributed by atoms with van der Waals surface area (Å²) in [6, 6.07) is 2.51. The lowest BCUT2D eigenvalue weighted by atomic mass is 9.77. The molecular weight excluding hydrogens is 318 g/mol. The number of carbonyl (C=O) groups excluding carboxylic acids is 1. The van der Waals surface area contributed by atoms with Gasteiger partial charge in [-0.25, -0.2) is 4.98 Å². The number of carbonyl (C=O) groups is 1. The summed E-state index contributed by atoms with van der Waals surface area (Å²) >= 11 is 0. The molecule has 2 heterocycles. The molecule has 138 valence electrons. The zero-order chi connectivity index (χ0) is 18.0. The Balaban J connectivity index is 1.70. The van der Waals surface area contributed by atoms with Crippen molar-refractivity contribution in [3.8, 4) is 0 Å². The minimum atomic E-state index is -0.782. The molecule has 0 aromatic carbocycles. The summed E-state index contributed by atoms with van der Waals surface area (Å²) in [6.07, 6.45) is 6.96. The number of amides is 1. The van der Waals surface area contributed by atoms with Crippen molar-refractivity contribution in [3.05, 3.63) is 17.8 Å². The number of nitrogens with zero attached hydrogens (tertiary/aromatic N) is 2. The molecule has 1 aromatic rings. The van der Waals surface area contributed by atoms with Crippen molar-refractivity contribution in [3.63, 3.8) is 0 Å². The number of ether oxygens (including phenoxy) is 2. The Morgan fingerprint density at radius 1 is 1.32 bits per heavy atom. The van der Waals surface area contributed by atoms with Crippen LogP contribution in [-0.4, -0.2) is 43.5 Å². The molecule has 2 aliphatic rings. The van der Waals surface area contributed by atoms with Gasteiger partial charge in [-0.3, -0.25) is 4.79 Å². The molecule has 1 aliphatic heterocycles. The first kappa shape index (κ1) is 18.1. The van der Waals surface area contributed by atoms with Gasteiger partial charge in [-0.05, 0) is 51.2 Å². The number of pyridine rings is 1. The maximum Gasteiger partial charge on any atom is 0.232 e. The Labute approximate surface area is 149 Å². The highest BCUT2D eigenvalue weighted by atomic mass is 16.7. The molecule has 1 aromatic heterocycles. The smallest absolute Gasteiger partial charge is 0.232 e. The van der Waals surface area contributed by atoms with E-state index >= 15 is 0 Å². The highest BCUT2D eigenvalue weighted by molar-refractivity contribution is 5.94. The summed E-state index contributed by atoms with van der Waals surface area (Å²) in [7, 11) is 3.17. The van der Waals surface area contributed by atoms with Crippen LogP contribution in [0.15, 0.2) is 12.3 Å². The molecule has 0 radical (unpaired) electrons. The number of aryl methyl sites for hydroxylation is 1. The van der Waals surface area contributed by atoms with Gasteiger partial charge in [-0.2, -0.15) is 0 Å². The molecule has 1 amide bonds. The summed E-state index contributed by atoms with van der Waals surface area (Å²) in [6.45, 7) is 5.35. The minimum absolute atomic E-state index is 0.0739. The van der Waals surface area contributed by atoms with Crippen molar-refractivity contribution < 1.29 is 14.3 Å². The zero-order valence-corrected chi connectivity index (χ0v) is 15.7. The molecule has 0 bridgehead atoms. The minimum Gasteiger partial charge on any atom is -0.354 e. The largest absolute Gasteiger partial charge is 0.354 e. The average molecular weight is 347 g/mol. The first-order valence-electron chi connectivity index (χ1n) is 9.15. The number of nitrogens with one attached hydrogen (secondary N) is 1. The predicted molar refractivity (Wildman–Crippen MR) is 97.7 cm³/mol. The van der Waals surface area contributed by atoms with Gasteiger partial charge in [0.2, 0.25) is 5.91 Å². The van der Waals surface area contributed by atoms with Crippen molar-refractivity contribution >= 4 is 17.4 Å². The molecular formula is C19H29N3O3. The third kappa shape index (κ3) is 3.37. The zero-order valence-electron chi connectivity index (χ0n) is 15.7. The third-order valence-electron chi connectivity index (χ3n) is 5.71. The van der Waals surface area contributed by atoms with E-state index < -0.39 is 5.79 Å². The van der Waals surface area contributed by atoms with E-state index in [-0.39, 0.29) is 11.8 Å². The number of methoxy groups -OCH3 is 2.